The zero-order valence-electron chi connectivity index (χ0n) is 19.5. The molecule has 0 spiro atoms. The molecule has 0 aromatic heterocycles. The molecule has 3 rings (SSSR count). The highest BCUT2D eigenvalue weighted by atomic mass is 16.6. The molecule has 0 aromatic rings. The van der Waals surface area contributed by atoms with Gasteiger partial charge in [0.15, 0.2) is 0 Å². The first-order chi connectivity index (χ1) is 13.3. The molecule has 1 heterocycles. The standard InChI is InChI=1S/C17H31NO4.C7H6/c1-9-21-14(20)17(12(2)22-13(3)19)10-15(4,5)18(8)16(6,7)11-17;1-5-4-6-2-3-7(5)6/h12H,9-11H2,1-8H3;2-4H,1H3. The molecule has 1 fully saturated rings. The molecule has 0 N–H and O–H groups in total. The summed E-state index contributed by atoms with van der Waals surface area (Å²) in [5, 5.41) is 2.91. The molecule has 0 aromatic carbocycles. The molecule has 1 saturated heterocycles. The van der Waals surface area contributed by atoms with Crippen LogP contribution in [0.2, 0.25) is 0 Å². The minimum atomic E-state index is -0.818. The molecule has 0 amide bonds. The van der Waals surface area contributed by atoms with E-state index in [-0.39, 0.29) is 23.0 Å². The van der Waals surface area contributed by atoms with Gasteiger partial charge in [-0.05, 0) is 84.4 Å². The van der Waals surface area contributed by atoms with Crippen molar-refractivity contribution in [2.75, 3.05) is 13.7 Å². The maximum atomic E-state index is 12.8. The lowest BCUT2D eigenvalue weighted by Gasteiger charge is -2.58. The molecular weight excluding hydrogens is 366 g/mol. The second-order valence-electron chi connectivity index (χ2n) is 9.70. The Morgan fingerprint density at radius 1 is 1.14 bits per heavy atom. The number of carbonyl (C=O) groups excluding carboxylic acids is 2. The molecule has 162 valence electrons. The van der Waals surface area contributed by atoms with Crippen LogP contribution in [0, 0.1) is 22.8 Å². The Morgan fingerprint density at radius 3 is 1.97 bits per heavy atom. The number of benzene rings is 1. The van der Waals surface area contributed by atoms with Gasteiger partial charge in [-0.15, -0.1) is 0 Å². The van der Waals surface area contributed by atoms with E-state index in [0.717, 1.165) is 0 Å². The van der Waals surface area contributed by atoms with Crippen LogP contribution in [0.1, 0.15) is 66.9 Å². The molecule has 29 heavy (non-hydrogen) atoms. The third-order valence-corrected chi connectivity index (χ3v) is 6.65. The van der Waals surface area contributed by atoms with Crippen LogP contribution < -0.4 is 0 Å². The molecule has 0 saturated carbocycles. The van der Waals surface area contributed by atoms with E-state index in [2.05, 4.69) is 64.8 Å². The second kappa shape index (κ2) is 8.10. The van der Waals surface area contributed by atoms with Crippen LogP contribution in [0.3, 0.4) is 0 Å². The number of rotatable bonds is 4. The molecular formula is C24H37NO4. The van der Waals surface area contributed by atoms with Gasteiger partial charge in [-0.25, -0.2) is 0 Å². The number of piperidine rings is 1. The molecule has 5 heteroatoms. The van der Waals surface area contributed by atoms with Gasteiger partial charge >= 0.3 is 11.9 Å². The third kappa shape index (κ3) is 4.50. The molecule has 1 aliphatic heterocycles. The zero-order valence-corrected chi connectivity index (χ0v) is 19.5. The molecule has 0 bridgehead atoms. The fraction of sp³-hybridized carbons (Fsp3) is 0.667. The minimum Gasteiger partial charge on any atom is -0.465 e. The Morgan fingerprint density at radius 2 is 1.69 bits per heavy atom. The van der Waals surface area contributed by atoms with Crippen LogP contribution in [0.5, 0.6) is 0 Å². The van der Waals surface area contributed by atoms with Crippen molar-refractivity contribution in [1.29, 1.82) is 0 Å². The first-order valence-corrected chi connectivity index (χ1v) is 10.5. The SMILES string of the molecule is CCOC(=O)C1(C(C)OC(C)=O)CC(C)(C)N(C)C(C)(C)C1.Cc1cc2ccc1=2. The van der Waals surface area contributed by atoms with Gasteiger partial charge in [-0.3, -0.25) is 14.5 Å². The van der Waals surface area contributed by atoms with Crippen molar-refractivity contribution in [3.8, 4) is 0 Å². The van der Waals surface area contributed by atoms with Crippen molar-refractivity contribution in [3.05, 3.63) is 34.2 Å². The highest BCUT2D eigenvalue weighted by Gasteiger charge is 2.58. The maximum absolute atomic E-state index is 12.8. The third-order valence-electron chi connectivity index (χ3n) is 6.65. The average Bonchev–Trinajstić information content (AvgIpc) is 2.56. The molecule has 1 atom stereocenters. The first-order valence-electron chi connectivity index (χ1n) is 10.5. The molecule has 1 unspecified atom stereocenters. The van der Waals surface area contributed by atoms with Crippen molar-refractivity contribution < 1.29 is 19.1 Å². The van der Waals surface area contributed by atoms with E-state index < -0.39 is 11.5 Å². The van der Waals surface area contributed by atoms with E-state index in [1.807, 2.05) is 0 Å². The Bertz CT molecular complexity index is 853. The lowest BCUT2D eigenvalue weighted by Crippen LogP contribution is -2.66. The van der Waals surface area contributed by atoms with E-state index in [9.17, 15) is 9.59 Å². The minimum absolute atomic E-state index is 0.205. The summed E-state index contributed by atoms with van der Waals surface area (Å²) in [4.78, 5) is 26.5. The summed E-state index contributed by atoms with van der Waals surface area (Å²) in [6.45, 7) is 15.9. The van der Waals surface area contributed by atoms with Crippen molar-refractivity contribution >= 4 is 11.9 Å². The number of hydrogen-bond acceptors (Lipinski definition) is 5. The molecule has 3 aliphatic rings. The van der Waals surface area contributed by atoms with E-state index in [1.165, 1.54) is 22.9 Å². The number of esters is 2. The van der Waals surface area contributed by atoms with E-state index >= 15 is 0 Å². The van der Waals surface area contributed by atoms with Gasteiger partial charge < -0.3 is 9.47 Å². The molecule has 5 nitrogen and oxygen atoms in total. The van der Waals surface area contributed by atoms with E-state index in [1.54, 1.807) is 13.8 Å². The first kappa shape index (κ1) is 23.4. The summed E-state index contributed by atoms with van der Waals surface area (Å²) in [5.74, 6) is -0.635. The van der Waals surface area contributed by atoms with Gasteiger partial charge in [0.1, 0.15) is 11.5 Å². The van der Waals surface area contributed by atoms with Crippen LogP contribution >= 0.6 is 0 Å². The number of aryl methyl sites for hydroxylation is 1. The van der Waals surface area contributed by atoms with Gasteiger partial charge in [-0.1, -0.05) is 18.2 Å². The normalized spacial score (nSPS) is 21.3. The fourth-order valence-corrected chi connectivity index (χ4v) is 4.88. The van der Waals surface area contributed by atoms with E-state index in [0.29, 0.717) is 19.4 Å². The predicted octanol–water partition coefficient (Wildman–Crippen LogP) is 4.37. The summed E-state index contributed by atoms with van der Waals surface area (Å²) in [6.07, 6.45) is 0.664. The van der Waals surface area contributed by atoms with Gasteiger partial charge in [0.25, 0.3) is 0 Å². The summed E-state index contributed by atoms with van der Waals surface area (Å²) in [7, 11) is 2.07. The van der Waals surface area contributed by atoms with Crippen LogP contribution in [0.4, 0.5) is 0 Å². The Kier molecular flexibility index (Phi) is 6.53. The lowest BCUT2D eigenvalue weighted by atomic mass is 9.62. The number of carbonyl (C=O) groups is 2. The number of likely N-dealkylation sites (tertiary alicyclic amines) is 1. The lowest BCUT2D eigenvalue weighted by molar-refractivity contribution is -0.189. The van der Waals surface area contributed by atoms with E-state index in [4.69, 9.17) is 9.47 Å². The highest BCUT2D eigenvalue weighted by molar-refractivity contribution is 5.79. The highest BCUT2D eigenvalue weighted by Crippen LogP contribution is 2.50. The summed E-state index contributed by atoms with van der Waals surface area (Å²) in [6, 6.07) is 6.50. The quantitative estimate of drug-likeness (QED) is 0.710. The van der Waals surface area contributed by atoms with Crippen molar-refractivity contribution in [2.24, 2.45) is 5.41 Å². The average molecular weight is 404 g/mol. The number of nitrogens with zero attached hydrogens (tertiary/aromatic N) is 1. The number of ether oxygens (including phenoxy) is 2. The monoisotopic (exact) mass is 403 g/mol. The van der Waals surface area contributed by atoms with Crippen LogP contribution in [-0.2, 0) is 19.1 Å². The Hall–Kier alpha value is -1.88. The largest absolute Gasteiger partial charge is 0.465 e. The van der Waals surface area contributed by atoms with Gasteiger partial charge in [-0.2, -0.15) is 0 Å². The van der Waals surface area contributed by atoms with Crippen LogP contribution in [0.15, 0.2) is 18.2 Å². The smallest absolute Gasteiger partial charge is 0.315 e. The molecule has 0 radical (unpaired) electrons. The van der Waals surface area contributed by atoms with Crippen LogP contribution in [-0.4, -0.2) is 47.7 Å². The Balaban J connectivity index is 0.000000351. The predicted molar refractivity (Wildman–Crippen MR) is 114 cm³/mol. The zero-order chi connectivity index (χ0) is 22.2. The Labute approximate surface area is 175 Å². The van der Waals surface area contributed by atoms with Crippen molar-refractivity contribution in [2.45, 2.75) is 85.4 Å². The van der Waals surface area contributed by atoms with Gasteiger partial charge in [0.2, 0.25) is 0 Å². The van der Waals surface area contributed by atoms with Gasteiger partial charge in [0, 0.05) is 18.0 Å². The second-order valence-corrected chi connectivity index (χ2v) is 9.70. The van der Waals surface area contributed by atoms with Crippen molar-refractivity contribution in [1.82, 2.24) is 4.90 Å². The number of hydrogen-bond donors (Lipinski definition) is 0. The summed E-state index contributed by atoms with van der Waals surface area (Å²) in [5.41, 5.74) is 0.213. The maximum Gasteiger partial charge on any atom is 0.315 e. The van der Waals surface area contributed by atoms with Gasteiger partial charge in [0.05, 0.1) is 6.61 Å². The van der Waals surface area contributed by atoms with Crippen molar-refractivity contribution in [3.63, 3.8) is 0 Å². The fourth-order valence-electron chi connectivity index (χ4n) is 4.88. The summed E-state index contributed by atoms with van der Waals surface area (Å²) < 4.78 is 10.8. The topological polar surface area (TPSA) is 55.8 Å². The molecule has 2 aliphatic carbocycles. The van der Waals surface area contributed by atoms with Crippen LogP contribution in [0.25, 0.3) is 0 Å². The summed E-state index contributed by atoms with van der Waals surface area (Å²) >= 11 is 0.